The molecule has 0 fully saturated rings. The summed E-state index contributed by atoms with van der Waals surface area (Å²) in [6.45, 7) is 0.249. The van der Waals surface area contributed by atoms with E-state index in [1.54, 1.807) is 42.6 Å². The number of carbonyl (C=O) groups excluding carboxylic acids is 1. The van der Waals surface area contributed by atoms with Crippen molar-refractivity contribution >= 4 is 17.7 Å². The molecule has 0 spiro atoms. The Morgan fingerprint density at radius 1 is 1.04 bits per heavy atom. The average Bonchev–Trinajstić information content (AvgIpc) is 2.69. The fraction of sp³-hybridized carbons (Fsp3) is 0.143. The highest BCUT2D eigenvalue weighted by molar-refractivity contribution is 7.99. The highest BCUT2D eigenvalue weighted by atomic mass is 32.2. The number of rotatable bonds is 8. The molecule has 4 nitrogen and oxygen atoms in total. The van der Waals surface area contributed by atoms with Gasteiger partial charge in [0, 0.05) is 41.4 Å². The van der Waals surface area contributed by atoms with E-state index >= 15 is 0 Å². The van der Waals surface area contributed by atoms with E-state index in [0.717, 1.165) is 4.90 Å². The number of thioether (sulfide) groups is 1. The van der Waals surface area contributed by atoms with Gasteiger partial charge in [-0.3, -0.25) is 4.79 Å². The molecular weight excluding hydrogens is 382 g/mol. The lowest BCUT2D eigenvalue weighted by atomic mass is 10.2. The summed E-state index contributed by atoms with van der Waals surface area (Å²) in [5.74, 6) is 0.431. The van der Waals surface area contributed by atoms with Crippen LogP contribution in [0.1, 0.15) is 12.0 Å². The fourth-order valence-corrected chi connectivity index (χ4v) is 3.22. The lowest BCUT2D eigenvalue weighted by molar-refractivity contribution is -0.120. The predicted octanol–water partition coefficient (Wildman–Crippen LogP) is 4.95. The first kappa shape index (κ1) is 19.8. The molecule has 0 bridgehead atoms. The largest absolute Gasteiger partial charge is 0.439 e. The number of hydrogen-bond donors (Lipinski definition) is 1. The molecule has 0 atom stereocenters. The quantitative estimate of drug-likeness (QED) is 0.544. The van der Waals surface area contributed by atoms with E-state index in [0.29, 0.717) is 29.4 Å². The van der Waals surface area contributed by atoms with E-state index in [-0.39, 0.29) is 18.3 Å². The van der Waals surface area contributed by atoms with Gasteiger partial charge in [-0.15, -0.1) is 11.8 Å². The number of carbonyl (C=O) groups is 1. The maximum Gasteiger partial charge on any atom is 0.224 e. The summed E-state index contributed by atoms with van der Waals surface area (Å²) in [5, 5.41) is 2.83. The molecule has 144 valence electrons. The van der Waals surface area contributed by atoms with Crippen LogP contribution >= 0.6 is 11.8 Å². The van der Waals surface area contributed by atoms with Crippen LogP contribution in [-0.4, -0.2) is 16.6 Å². The van der Waals surface area contributed by atoms with E-state index < -0.39 is 5.82 Å². The topological polar surface area (TPSA) is 51.2 Å². The lowest BCUT2D eigenvalue weighted by Crippen LogP contribution is -2.23. The van der Waals surface area contributed by atoms with E-state index in [1.807, 2.05) is 0 Å². The third-order valence-electron chi connectivity index (χ3n) is 3.75. The number of hydrogen-bond acceptors (Lipinski definition) is 4. The van der Waals surface area contributed by atoms with Crippen molar-refractivity contribution in [1.29, 1.82) is 0 Å². The maximum atomic E-state index is 13.3. The summed E-state index contributed by atoms with van der Waals surface area (Å²) < 4.78 is 31.8. The van der Waals surface area contributed by atoms with Crippen LogP contribution in [0, 0.1) is 11.6 Å². The van der Waals surface area contributed by atoms with Crippen molar-refractivity contribution in [2.45, 2.75) is 17.9 Å². The minimum atomic E-state index is -0.401. The third kappa shape index (κ3) is 6.06. The molecule has 1 aromatic heterocycles. The van der Waals surface area contributed by atoms with Crippen LogP contribution in [0.15, 0.2) is 71.8 Å². The molecule has 1 N–H and O–H groups in total. The van der Waals surface area contributed by atoms with Crippen LogP contribution in [-0.2, 0) is 11.3 Å². The van der Waals surface area contributed by atoms with Crippen LogP contribution in [0.2, 0.25) is 0 Å². The van der Waals surface area contributed by atoms with Crippen molar-refractivity contribution in [3.63, 3.8) is 0 Å². The van der Waals surface area contributed by atoms with Gasteiger partial charge in [0.1, 0.15) is 17.4 Å². The molecule has 0 aliphatic carbocycles. The normalized spacial score (nSPS) is 10.5. The van der Waals surface area contributed by atoms with Gasteiger partial charge in [-0.1, -0.05) is 12.1 Å². The standard InChI is InChI=1S/C21H18F2N2O2S/c22-16-6-8-19(9-7-16)28-12-10-20(26)25-14-15-3-2-11-24-21(15)27-18-5-1-4-17(23)13-18/h1-9,11,13H,10,12,14H2,(H,25,26). The van der Waals surface area contributed by atoms with Crippen LogP contribution in [0.3, 0.4) is 0 Å². The van der Waals surface area contributed by atoms with Crippen molar-refractivity contribution in [2.75, 3.05) is 5.75 Å². The van der Waals surface area contributed by atoms with Gasteiger partial charge in [-0.05, 0) is 42.5 Å². The summed E-state index contributed by atoms with van der Waals surface area (Å²) in [6.07, 6.45) is 1.89. The van der Waals surface area contributed by atoms with Gasteiger partial charge in [0.15, 0.2) is 0 Å². The van der Waals surface area contributed by atoms with Crippen molar-refractivity contribution < 1.29 is 18.3 Å². The van der Waals surface area contributed by atoms with Crippen LogP contribution < -0.4 is 10.1 Å². The lowest BCUT2D eigenvalue weighted by Gasteiger charge is -2.11. The molecule has 7 heteroatoms. The minimum absolute atomic E-state index is 0.116. The van der Waals surface area contributed by atoms with Gasteiger partial charge in [0.25, 0.3) is 0 Å². The molecule has 0 unspecified atom stereocenters. The van der Waals surface area contributed by atoms with Gasteiger partial charge in [-0.25, -0.2) is 13.8 Å². The summed E-state index contributed by atoms with van der Waals surface area (Å²) in [4.78, 5) is 17.1. The van der Waals surface area contributed by atoms with Crippen molar-refractivity contribution in [3.8, 4) is 11.6 Å². The van der Waals surface area contributed by atoms with E-state index in [2.05, 4.69) is 10.3 Å². The first-order valence-electron chi connectivity index (χ1n) is 8.62. The number of ether oxygens (including phenoxy) is 1. The third-order valence-corrected chi connectivity index (χ3v) is 4.76. The highest BCUT2D eigenvalue weighted by Crippen LogP contribution is 2.23. The molecule has 0 aliphatic rings. The van der Waals surface area contributed by atoms with Gasteiger partial charge in [-0.2, -0.15) is 0 Å². The second kappa shape index (κ2) is 9.85. The van der Waals surface area contributed by atoms with Crippen molar-refractivity contribution in [3.05, 3.63) is 84.1 Å². The number of halogens is 2. The number of aromatic nitrogens is 1. The van der Waals surface area contributed by atoms with Crippen LogP contribution in [0.4, 0.5) is 8.78 Å². The Kier molecular flexibility index (Phi) is 6.97. The minimum Gasteiger partial charge on any atom is -0.439 e. The molecule has 3 aromatic rings. The van der Waals surface area contributed by atoms with E-state index in [9.17, 15) is 13.6 Å². The Balaban J connectivity index is 1.50. The molecule has 3 rings (SSSR count). The van der Waals surface area contributed by atoms with Gasteiger partial charge < -0.3 is 10.1 Å². The SMILES string of the molecule is O=C(CCSc1ccc(F)cc1)NCc1cccnc1Oc1cccc(F)c1. The smallest absolute Gasteiger partial charge is 0.224 e. The first-order chi connectivity index (χ1) is 13.6. The molecule has 1 heterocycles. The summed E-state index contributed by atoms with van der Waals surface area (Å²) in [7, 11) is 0. The monoisotopic (exact) mass is 400 g/mol. The molecule has 1 amide bonds. The highest BCUT2D eigenvalue weighted by Gasteiger charge is 2.09. The number of pyridine rings is 1. The molecule has 2 aromatic carbocycles. The van der Waals surface area contributed by atoms with Crippen LogP contribution in [0.25, 0.3) is 0 Å². The molecule has 0 aliphatic heterocycles. The Morgan fingerprint density at radius 3 is 2.64 bits per heavy atom. The van der Waals surface area contributed by atoms with Crippen molar-refractivity contribution in [2.24, 2.45) is 0 Å². The van der Waals surface area contributed by atoms with Gasteiger partial charge in [0.05, 0.1) is 0 Å². The zero-order chi connectivity index (χ0) is 19.8. The van der Waals surface area contributed by atoms with E-state index in [4.69, 9.17) is 4.74 Å². The zero-order valence-corrected chi connectivity index (χ0v) is 15.7. The molecular formula is C21H18F2N2O2S. The molecule has 28 heavy (non-hydrogen) atoms. The Labute approximate surface area is 166 Å². The first-order valence-corrected chi connectivity index (χ1v) is 9.61. The number of nitrogens with zero attached hydrogens (tertiary/aromatic N) is 1. The summed E-state index contributed by atoms with van der Waals surface area (Å²) in [5.41, 5.74) is 0.686. The number of amides is 1. The summed E-state index contributed by atoms with van der Waals surface area (Å²) in [6, 6.07) is 15.5. The number of benzene rings is 2. The molecule has 0 saturated carbocycles. The second-order valence-electron chi connectivity index (χ2n) is 5.86. The Bertz CT molecular complexity index is 936. The maximum absolute atomic E-state index is 13.3. The zero-order valence-electron chi connectivity index (χ0n) is 14.9. The molecule has 0 radical (unpaired) electrons. The second-order valence-corrected chi connectivity index (χ2v) is 7.02. The average molecular weight is 400 g/mol. The van der Waals surface area contributed by atoms with Gasteiger partial charge >= 0.3 is 0 Å². The van der Waals surface area contributed by atoms with E-state index in [1.165, 1.54) is 36.0 Å². The predicted molar refractivity (Wildman–Crippen MR) is 104 cm³/mol. The van der Waals surface area contributed by atoms with Gasteiger partial charge in [0.2, 0.25) is 11.8 Å². The fourth-order valence-electron chi connectivity index (χ4n) is 2.37. The Morgan fingerprint density at radius 2 is 1.86 bits per heavy atom. The molecule has 0 saturated heterocycles. The number of nitrogens with one attached hydrogen (secondary N) is 1. The van der Waals surface area contributed by atoms with Crippen LogP contribution in [0.5, 0.6) is 11.6 Å². The summed E-state index contributed by atoms with van der Waals surface area (Å²) >= 11 is 1.49. The Hall–Kier alpha value is -2.93. The van der Waals surface area contributed by atoms with Crippen molar-refractivity contribution in [1.82, 2.24) is 10.3 Å².